The molecule has 0 aliphatic rings. The van der Waals surface area contributed by atoms with Crippen molar-refractivity contribution in [2.45, 2.75) is 20.3 Å². The van der Waals surface area contributed by atoms with Crippen LogP contribution in [0, 0.1) is 12.7 Å². The van der Waals surface area contributed by atoms with Crippen LogP contribution < -0.4 is 10.6 Å². The van der Waals surface area contributed by atoms with Crippen LogP contribution in [0.3, 0.4) is 0 Å². The molecule has 0 saturated heterocycles. The normalized spacial score (nSPS) is 10.2. The van der Waals surface area contributed by atoms with E-state index in [1.165, 1.54) is 12.1 Å². The molecule has 0 aliphatic heterocycles. The average molecular weight is 286 g/mol. The summed E-state index contributed by atoms with van der Waals surface area (Å²) >= 11 is 0. The predicted octanol–water partition coefficient (Wildman–Crippen LogP) is 3.75. The van der Waals surface area contributed by atoms with E-state index >= 15 is 0 Å². The quantitative estimate of drug-likeness (QED) is 0.879. The number of aryl methyl sites for hydroxylation is 2. The van der Waals surface area contributed by atoms with E-state index in [1.54, 1.807) is 12.1 Å². The zero-order valence-electron chi connectivity index (χ0n) is 12.2. The van der Waals surface area contributed by atoms with Gasteiger partial charge >= 0.3 is 0 Å². The Morgan fingerprint density at radius 2 is 1.95 bits per heavy atom. The van der Waals surface area contributed by atoms with Gasteiger partial charge in [-0.2, -0.15) is 0 Å². The summed E-state index contributed by atoms with van der Waals surface area (Å²) in [4.78, 5) is 12.0. The second-order valence-corrected chi connectivity index (χ2v) is 4.87. The predicted molar refractivity (Wildman–Crippen MR) is 84.1 cm³/mol. The van der Waals surface area contributed by atoms with Crippen LogP contribution in [0.1, 0.15) is 18.1 Å². The maximum Gasteiger partial charge on any atom is 0.243 e. The first-order valence-electron chi connectivity index (χ1n) is 6.98. The summed E-state index contributed by atoms with van der Waals surface area (Å²) in [6, 6.07) is 12.0. The van der Waals surface area contributed by atoms with E-state index in [9.17, 15) is 9.18 Å². The van der Waals surface area contributed by atoms with Gasteiger partial charge in [0.05, 0.1) is 6.54 Å². The average Bonchev–Trinajstić information content (AvgIpc) is 2.47. The Morgan fingerprint density at radius 1 is 1.19 bits per heavy atom. The molecule has 0 radical (unpaired) electrons. The highest BCUT2D eigenvalue weighted by molar-refractivity contribution is 5.95. The summed E-state index contributed by atoms with van der Waals surface area (Å²) in [6.07, 6.45) is 0.856. The molecule has 2 aromatic carbocycles. The van der Waals surface area contributed by atoms with Crippen LogP contribution in [-0.4, -0.2) is 12.5 Å². The Kier molecular flexibility index (Phi) is 4.93. The molecule has 4 heteroatoms. The Morgan fingerprint density at radius 3 is 2.67 bits per heavy atom. The summed E-state index contributed by atoms with van der Waals surface area (Å²) < 4.78 is 13.0. The first-order chi connectivity index (χ1) is 10.1. The van der Waals surface area contributed by atoms with E-state index in [0.717, 1.165) is 23.2 Å². The highest BCUT2D eigenvalue weighted by Gasteiger charge is 2.08. The van der Waals surface area contributed by atoms with Gasteiger partial charge in [0, 0.05) is 11.4 Å². The third kappa shape index (κ3) is 4.05. The number of rotatable bonds is 5. The van der Waals surface area contributed by atoms with E-state index in [2.05, 4.69) is 17.6 Å². The fourth-order valence-electron chi connectivity index (χ4n) is 2.17. The molecule has 1 amide bonds. The van der Waals surface area contributed by atoms with Crippen LogP contribution in [0.15, 0.2) is 42.5 Å². The molecule has 0 heterocycles. The topological polar surface area (TPSA) is 41.1 Å². The van der Waals surface area contributed by atoms with Crippen LogP contribution in [0.2, 0.25) is 0 Å². The molecule has 0 atom stereocenters. The Hall–Kier alpha value is -2.36. The van der Waals surface area contributed by atoms with Gasteiger partial charge in [-0.1, -0.05) is 31.2 Å². The van der Waals surface area contributed by atoms with Gasteiger partial charge < -0.3 is 10.6 Å². The number of halogens is 1. The molecule has 3 nitrogen and oxygen atoms in total. The van der Waals surface area contributed by atoms with Crippen molar-refractivity contribution in [1.82, 2.24) is 0 Å². The number of hydrogen-bond donors (Lipinski definition) is 2. The van der Waals surface area contributed by atoms with Gasteiger partial charge in [0.25, 0.3) is 0 Å². The van der Waals surface area contributed by atoms with Crippen LogP contribution in [0.25, 0.3) is 0 Å². The minimum absolute atomic E-state index is 0.0982. The number of para-hydroxylation sites is 1. The monoisotopic (exact) mass is 286 g/mol. The maximum absolute atomic E-state index is 13.0. The van der Waals surface area contributed by atoms with Crippen LogP contribution in [-0.2, 0) is 11.2 Å². The summed E-state index contributed by atoms with van der Waals surface area (Å²) in [7, 11) is 0. The van der Waals surface area contributed by atoms with Crippen molar-refractivity contribution in [2.75, 3.05) is 17.2 Å². The zero-order chi connectivity index (χ0) is 15.2. The molecule has 0 fully saturated rings. The van der Waals surface area contributed by atoms with Gasteiger partial charge in [0.15, 0.2) is 0 Å². The van der Waals surface area contributed by atoms with Crippen LogP contribution >= 0.6 is 0 Å². The highest BCUT2D eigenvalue weighted by atomic mass is 19.1. The number of anilines is 2. The maximum atomic E-state index is 13.0. The highest BCUT2D eigenvalue weighted by Crippen LogP contribution is 2.21. The van der Waals surface area contributed by atoms with Crippen molar-refractivity contribution >= 4 is 17.3 Å². The lowest BCUT2D eigenvalue weighted by Crippen LogP contribution is -2.22. The Labute approximate surface area is 124 Å². The van der Waals surface area contributed by atoms with Gasteiger partial charge in [-0.3, -0.25) is 4.79 Å². The van der Waals surface area contributed by atoms with Crippen molar-refractivity contribution in [3.8, 4) is 0 Å². The van der Waals surface area contributed by atoms with Crippen molar-refractivity contribution in [2.24, 2.45) is 0 Å². The Bertz CT molecular complexity index is 640. The fourth-order valence-corrected chi connectivity index (χ4v) is 2.17. The summed E-state index contributed by atoms with van der Waals surface area (Å²) in [5.41, 5.74) is 3.60. The van der Waals surface area contributed by atoms with E-state index in [4.69, 9.17) is 0 Å². The van der Waals surface area contributed by atoms with Crippen LogP contribution in [0.4, 0.5) is 15.8 Å². The number of carbonyl (C=O) groups is 1. The molecule has 0 saturated carbocycles. The number of benzene rings is 2. The first kappa shape index (κ1) is 15.0. The minimum Gasteiger partial charge on any atom is -0.376 e. The van der Waals surface area contributed by atoms with Gasteiger partial charge in [0.2, 0.25) is 5.91 Å². The van der Waals surface area contributed by atoms with Crippen molar-refractivity contribution in [1.29, 1.82) is 0 Å². The van der Waals surface area contributed by atoms with Gasteiger partial charge in [0.1, 0.15) is 5.82 Å². The molecular weight excluding hydrogens is 267 g/mol. The third-order valence-corrected chi connectivity index (χ3v) is 3.28. The number of hydrogen-bond acceptors (Lipinski definition) is 2. The molecule has 0 spiro atoms. The van der Waals surface area contributed by atoms with Crippen LogP contribution in [0.5, 0.6) is 0 Å². The van der Waals surface area contributed by atoms with Crippen molar-refractivity contribution in [3.63, 3.8) is 0 Å². The number of nitrogens with one attached hydrogen (secondary N) is 2. The number of carbonyl (C=O) groups excluding carboxylic acids is 1. The first-order valence-corrected chi connectivity index (χ1v) is 6.98. The largest absolute Gasteiger partial charge is 0.376 e. The molecule has 2 rings (SSSR count). The molecule has 110 valence electrons. The summed E-state index contributed by atoms with van der Waals surface area (Å²) in [6.45, 7) is 4.12. The fraction of sp³-hybridized carbons (Fsp3) is 0.235. The lowest BCUT2D eigenvalue weighted by molar-refractivity contribution is -0.114. The summed E-state index contributed by atoms with van der Waals surface area (Å²) in [5, 5.41) is 5.83. The van der Waals surface area contributed by atoms with E-state index in [0.29, 0.717) is 5.69 Å². The molecule has 0 unspecified atom stereocenters. The standard InChI is InChI=1S/C17H19FN2O/c1-3-13-7-4-6-12(2)17(13)20-16(21)11-19-15-9-5-8-14(18)10-15/h4-10,19H,3,11H2,1-2H3,(H,20,21). The van der Waals surface area contributed by atoms with Crippen molar-refractivity contribution < 1.29 is 9.18 Å². The van der Waals surface area contributed by atoms with E-state index < -0.39 is 0 Å². The summed E-state index contributed by atoms with van der Waals surface area (Å²) in [5.74, 6) is -0.476. The smallest absolute Gasteiger partial charge is 0.243 e. The Balaban J connectivity index is 1.99. The van der Waals surface area contributed by atoms with Crippen molar-refractivity contribution in [3.05, 3.63) is 59.4 Å². The van der Waals surface area contributed by atoms with E-state index in [1.807, 2.05) is 25.1 Å². The molecule has 0 aromatic heterocycles. The SMILES string of the molecule is CCc1cccc(C)c1NC(=O)CNc1cccc(F)c1. The molecule has 21 heavy (non-hydrogen) atoms. The second kappa shape index (κ2) is 6.88. The minimum atomic E-state index is -0.326. The molecule has 0 bridgehead atoms. The molecular formula is C17H19FN2O. The van der Waals surface area contributed by atoms with E-state index in [-0.39, 0.29) is 18.3 Å². The lowest BCUT2D eigenvalue weighted by Gasteiger charge is -2.13. The second-order valence-electron chi connectivity index (χ2n) is 4.87. The van der Waals surface area contributed by atoms with Gasteiger partial charge in [-0.05, 0) is 42.7 Å². The van der Waals surface area contributed by atoms with Gasteiger partial charge in [-0.15, -0.1) is 0 Å². The zero-order valence-corrected chi connectivity index (χ0v) is 12.2. The molecule has 2 aromatic rings. The van der Waals surface area contributed by atoms with Gasteiger partial charge in [-0.25, -0.2) is 4.39 Å². The molecule has 0 aliphatic carbocycles. The lowest BCUT2D eigenvalue weighted by atomic mass is 10.1. The number of amides is 1. The molecule has 2 N–H and O–H groups in total. The third-order valence-electron chi connectivity index (χ3n) is 3.28.